The van der Waals surface area contributed by atoms with Gasteiger partial charge in [0.25, 0.3) is 5.92 Å². The highest BCUT2D eigenvalue weighted by Crippen LogP contribution is 2.65. The first kappa shape index (κ1) is 13.5. The van der Waals surface area contributed by atoms with E-state index in [2.05, 4.69) is 5.32 Å². The minimum atomic E-state index is -2.32. The Kier molecular flexibility index (Phi) is 3.99. The van der Waals surface area contributed by atoms with Gasteiger partial charge in [-0.25, -0.2) is 8.78 Å². The summed E-state index contributed by atoms with van der Waals surface area (Å²) in [6.07, 6.45) is 6.39. The maximum Gasteiger partial charge on any atom is 0.255 e. The third-order valence-electron chi connectivity index (χ3n) is 4.97. The van der Waals surface area contributed by atoms with Crippen molar-refractivity contribution in [2.24, 2.45) is 23.7 Å². The van der Waals surface area contributed by atoms with Crippen LogP contribution in [0.25, 0.3) is 0 Å². The van der Waals surface area contributed by atoms with Gasteiger partial charge in [0.2, 0.25) is 0 Å². The van der Waals surface area contributed by atoms with Crippen LogP contribution in [0.1, 0.15) is 38.5 Å². The van der Waals surface area contributed by atoms with E-state index < -0.39 is 5.92 Å². The molecule has 2 saturated carbocycles. The van der Waals surface area contributed by atoms with Crippen molar-refractivity contribution in [3.05, 3.63) is 0 Å². The van der Waals surface area contributed by atoms with Gasteiger partial charge in [-0.05, 0) is 50.6 Å². The molecule has 1 heterocycles. The van der Waals surface area contributed by atoms with Crippen LogP contribution in [-0.4, -0.2) is 19.0 Å². The summed E-state index contributed by atoms with van der Waals surface area (Å²) < 4.78 is 27.8. The van der Waals surface area contributed by atoms with Crippen LogP contribution in [0.3, 0.4) is 0 Å². The molecule has 0 aromatic rings. The van der Waals surface area contributed by atoms with E-state index in [1.807, 2.05) is 0 Å². The predicted octanol–water partition coefficient (Wildman–Crippen LogP) is 3.48. The summed E-state index contributed by atoms with van der Waals surface area (Å²) in [6.45, 7) is 1.88. The molecule has 0 bridgehead atoms. The summed E-state index contributed by atoms with van der Waals surface area (Å²) in [4.78, 5) is 0. The summed E-state index contributed by atoms with van der Waals surface area (Å²) in [6, 6.07) is 0. The highest BCUT2D eigenvalue weighted by molar-refractivity contribution is 5.85. The molecule has 0 spiro atoms. The molecule has 3 aliphatic rings. The summed E-state index contributed by atoms with van der Waals surface area (Å²) in [7, 11) is 0. The van der Waals surface area contributed by atoms with Crippen LogP contribution < -0.4 is 5.32 Å². The Balaban J connectivity index is 0.00000108. The fourth-order valence-electron chi connectivity index (χ4n) is 4.11. The van der Waals surface area contributed by atoms with E-state index in [0.717, 1.165) is 38.8 Å². The Hall–Kier alpha value is 0.110. The van der Waals surface area contributed by atoms with E-state index >= 15 is 0 Å². The normalized spacial score (nSPS) is 37.8. The number of nitrogens with one attached hydrogen (secondary N) is 1. The van der Waals surface area contributed by atoms with Crippen LogP contribution in [0.2, 0.25) is 0 Å². The van der Waals surface area contributed by atoms with Crippen molar-refractivity contribution in [3.63, 3.8) is 0 Å². The molecule has 2 unspecified atom stereocenters. The quantitative estimate of drug-likeness (QED) is 0.806. The van der Waals surface area contributed by atoms with Crippen molar-refractivity contribution in [3.8, 4) is 0 Å². The number of hydrogen-bond acceptors (Lipinski definition) is 1. The average Bonchev–Trinajstić information content (AvgIpc) is 2.70. The smallest absolute Gasteiger partial charge is 0.255 e. The van der Waals surface area contributed by atoms with Crippen LogP contribution in [0, 0.1) is 23.7 Å². The number of hydrogen-bond donors (Lipinski definition) is 1. The van der Waals surface area contributed by atoms with Crippen LogP contribution >= 0.6 is 12.4 Å². The zero-order valence-electron chi connectivity index (χ0n) is 10.1. The minimum absolute atomic E-state index is 0. The molecule has 3 fully saturated rings. The Bertz CT molecular complexity index is 260. The molecule has 100 valence electrons. The highest BCUT2D eigenvalue weighted by atomic mass is 35.5. The van der Waals surface area contributed by atoms with E-state index in [-0.39, 0.29) is 24.2 Å². The lowest BCUT2D eigenvalue weighted by atomic mass is 9.89. The van der Waals surface area contributed by atoms with Crippen LogP contribution in [0.5, 0.6) is 0 Å². The zero-order valence-corrected chi connectivity index (χ0v) is 10.9. The maximum atomic E-state index is 13.9. The molecule has 0 aromatic heterocycles. The molecule has 2 atom stereocenters. The van der Waals surface area contributed by atoms with Gasteiger partial charge in [0.05, 0.1) is 0 Å². The lowest BCUT2D eigenvalue weighted by Gasteiger charge is -2.22. The summed E-state index contributed by atoms with van der Waals surface area (Å²) in [5, 5.41) is 3.26. The molecule has 4 heteroatoms. The molecule has 1 nitrogen and oxygen atoms in total. The van der Waals surface area contributed by atoms with Crippen molar-refractivity contribution in [2.75, 3.05) is 13.1 Å². The van der Waals surface area contributed by atoms with E-state index in [0.29, 0.717) is 11.8 Å². The molecular weight excluding hydrogens is 244 g/mol. The van der Waals surface area contributed by atoms with Gasteiger partial charge >= 0.3 is 0 Å². The van der Waals surface area contributed by atoms with Crippen LogP contribution in [0.15, 0.2) is 0 Å². The molecule has 1 N–H and O–H groups in total. The second-order valence-electron chi connectivity index (χ2n) is 5.86. The minimum Gasteiger partial charge on any atom is -0.317 e. The Morgan fingerprint density at radius 2 is 1.29 bits per heavy atom. The van der Waals surface area contributed by atoms with Crippen molar-refractivity contribution in [1.29, 1.82) is 0 Å². The van der Waals surface area contributed by atoms with Gasteiger partial charge in [0.1, 0.15) is 0 Å². The monoisotopic (exact) mass is 265 g/mol. The van der Waals surface area contributed by atoms with Gasteiger partial charge in [0, 0.05) is 11.8 Å². The van der Waals surface area contributed by atoms with Crippen molar-refractivity contribution in [2.45, 2.75) is 44.4 Å². The molecule has 0 aromatic carbocycles. The van der Waals surface area contributed by atoms with Gasteiger partial charge in [0.15, 0.2) is 0 Å². The standard InChI is InChI=1S/C13H21F2N.ClH/c14-13(15)11(9-3-1-2-4-9)12(13)10-5-7-16-8-6-10;/h9-12,16H,1-8H2;1H. The summed E-state index contributed by atoms with van der Waals surface area (Å²) >= 11 is 0. The fourth-order valence-corrected chi connectivity index (χ4v) is 4.11. The van der Waals surface area contributed by atoms with Gasteiger partial charge in [-0.15, -0.1) is 12.4 Å². The highest BCUT2D eigenvalue weighted by Gasteiger charge is 2.71. The summed E-state index contributed by atoms with van der Waals surface area (Å²) in [5.74, 6) is -2.20. The summed E-state index contributed by atoms with van der Waals surface area (Å²) in [5.41, 5.74) is 0. The number of alkyl halides is 2. The van der Waals surface area contributed by atoms with E-state index in [1.165, 1.54) is 12.8 Å². The average molecular weight is 266 g/mol. The molecule has 3 rings (SSSR count). The first-order chi connectivity index (χ1) is 7.71. The van der Waals surface area contributed by atoms with Crippen LogP contribution in [0.4, 0.5) is 8.78 Å². The lowest BCUT2D eigenvalue weighted by Crippen LogP contribution is -2.29. The third kappa shape index (κ3) is 2.33. The zero-order chi connectivity index (χ0) is 11.2. The molecule has 17 heavy (non-hydrogen) atoms. The van der Waals surface area contributed by atoms with E-state index in [1.54, 1.807) is 0 Å². The molecule has 0 radical (unpaired) electrons. The first-order valence-corrected chi connectivity index (χ1v) is 6.80. The Morgan fingerprint density at radius 1 is 0.824 bits per heavy atom. The lowest BCUT2D eigenvalue weighted by molar-refractivity contribution is 0.0630. The molecule has 1 saturated heterocycles. The fraction of sp³-hybridized carbons (Fsp3) is 1.00. The van der Waals surface area contributed by atoms with Gasteiger partial charge in [-0.1, -0.05) is 12.8 Å². The van der Waals surface area contributed by atoms with Crippen LogP contribution in [-0.2, 0) is 0 Å². The number of halogens is 3. The van der Waals surface area contributed by atoms with Crippen molar-refractivity contribution < 1.29 is 8.78 Å². The van der Waals surface area contributed by atoms with Gasteiger partial charge < -0.3 is 5.32 Å². The molecule has 2 aliphatic carbocycles. The van der Waals surface area contributed by atoms with Gasteiger partial charge in [-0.2, -0.15) is 0 Å². The second-order valence-corrected chi connectivity index (χ2v) is 5.86. The predicted molar refractivity (Wildman–Crippen MR) is 66.7 cm³/mol. The molecule has 0 amide bonds. The Labute approximate surface area is 108 Å². The molecule has 1 aliphatic heterocycles. The third-order valence-corrected chi connectivity index (χ3v) is 4.97. The largest absolute Gasteiger partial charge is 0.317 e. The first-order valence-electron chi connectivity index (χ1n) is 6.80. The van der Waals surface area contributed by atoms with E-state index in [4.69, 9.17) is 0 Å². The van der Waals surface area contributed by atoms with Crippen molar-refractivity contribution in [1.82, 2.24) is 5.32 Å². The van der Waals surface area contributed by atoms with E-state index in [9.17, 15) is 8.78 Å². The molecular formula is C13H22ClF2N. The second kappa shape index (κ2) is 5.00. The number of rotatable bonds is 2. The Morgan fingerprint density at radius 3 is 1.82 bits per heavy atom. The maximum absolute atomic E-state index is 13.9. The SMILES string of the molecule is Cl.FC1(F)C(C2CCCC2)C1C1CCNCC1. The topological polar surface area (TPSA) is 12.0 Å². The van der Waals surface area contributed by atoms with Crippen molar-refractivity contribution >= 4 is 12.4 Å². The number of piperidine rings is 1. The van der Waals surface area contributed by atoms with Gasteiger partial charge in [-0.3, -0.25) is 0 Å².